The lowest BCUT2D eigenvalue weighted by molar-refractivity contribution is 0.0692. The highest BCUT2D eigenvalue weighted by Crippen LogP contribution is 2.28. The maximum absolute atomic E-state index is 13.7. The molecule has 0 bridgehead atoms. The van der Waals surface area contributed by atoms with Crippen LogP contribution in [-0.2, 0) is 7.05 Å². The van der Waals surface area contributed by atoms with Gasteiger partial charge < -0.3 is 9.67 Å². The van der Waals surface area contributed by atoms with E-state index in [1.54, 1.807) is 7.05 Å². The van der Waals surface area contributed by atoms with E-state index in [2.05, 4.69) is 4.98 Å². The molecular weight excluding hydrogens is 247 g/mol. The minimum atomic E-state index is -1.21. The Morgan fingerprint density at radius 2 is 2.24 bits per heavy atom. The van der Waals surface area contributed by atoms with Gasteiger partial charge in [-0.1, -0.05) is 11.6 Å². The second kappa shape index (κ2) is 4.18. The van der Waals surface area contributed by atoms with Gasteiger partial charge in [0.1, 0.15) is 5.82 Å². The van der Waals surface area contributed by atoms with Gasteiger partial charge in [0.25, 0.3) is 0 Å². The second-order valence-corrected chi connectivity index (χ2v) is 3.92. The number of benzene rings is 1. The van der Waals surface area contributed by atoms with Crippen molar-refractivity contribution in [2.75, 3.05) is 0 Å². The Bertz CT molecular complexity index is 595. The maximum atomic E-state index is 13.7. The smallest absolute Gasteiger partial charge is 0.356 e. The van der Waals surface area contributed by atoms with E-state index in [9.17, 15) is 9.18 Å². The van der Waals surface area contributed by atoms with Crippen LogP contribution in [0.4, 0.5) is 4.39 Å². The Hall–Kier alpha value is -1.88. The molecule has 2 aromatic rings. The topological polar surface area (TPSA) is 55.1 Å². The molecule has 0 aliphatic carbocycles. The van der Waals surface area contributed by atoms with Crippen LogP contribution in [0.1, 0.15) is 10.5 Å². The molecule has 0 amide bonds. The average molecular weight is 255 g/mol. The summed E-state index contributed by atoms with van der Waals surface area (Å²) in [6.07, 6.45) is 1.32. The van der Waals surface area contributed by atoms with Crippen molar-refractivity contribution >= 4 is 17.6 Å². The lowest BCUT2D eigenvalue weighted by Gasteiger charge is -2.06. The number of aromatic carboxylic acids is 1. The van der Waals surface area contributed by atoms with E-state index >= 15 is 0 Å². The Morgan fingerprint density at radius 1 is 1.53 bits per heavy atom. The fraction of sp³-hybridized carbons (Fsp3) is 0.0909. The van der Waals surface area contributed by atoms with Crippen molar-refractivity contribution in [3.8, 4) is 11.3 Å². The highest BCUT2D eigenvalue weighted by Gasteiger charge is 2.20. The normalized spacial score (nSPS) is 10.5. The maximum Gasteiger partial charge on any atom is 0.356 e. The quantitative estimate of drug-likeness (QED) is 0.896. The number of imidazole rings is 1. The van der Waals surface area contributed by atoms with Crippen LogP contribution in [0, 0.1) is 5.82 Å². The largest absolute Gasteiger partial charge is 0.476 e. The summed E-state index contributed by atoms with van der Waals surface area (Å²) in [5.74, 6) is -1.75. The standard InChI is InChI=1S/C11H8ClFN2O2/c1-15-5-14-9(11(16)17)10(15)7-4-6(12)2-3-8(7)13/h2-5H,1H3,(H,16,17). The minimum absolute atomic E-state index is 0.120. The van der Waals surface area contributed by atoms with Gasteiger partial charge in [-0.25, -0.2) is 14.2 Å². The van der Waals surface area contributed by atoms with Crippen LogP contribution in [0.3, 0.4) is 0 Å². The van der Waals surface area contributed by atoms with E-state index < -0.39 is 11.8 Å². The van der Waals surface area contributed by atoms with E-state index in [4.69, 9.17) is 16.7 Å². The molecule has 88 valence electrons. The molecule has 0 fully saturated rings. The zero-order valence-corrected chi connectivity index (χ0v) is 9.57. The molecule has 4 nitrogen and oxygen atoms in total. The Morgan fingerprint density at radius 3 is 2.88 bits per heavy atom. The van der Waals surface area contributed by atoms with Gasteiger partial charge in [-0.15, -0.1) is 0 Å². The number of aromatic nitrogens is 2. The van der Waals surface area contributed by atoms with E-state index in [-0.39, 0.29) is 17.0 Å². The molecule has 0 unspecified atom stereocenters. The lowest BCUT2D eigenvalue weighted by Crippen LogP contribution is -2.02. The van der Waals surface area contributed by atoms with Crippen LogP contribution < -0.4 is 0 Å². The Labute approximate surface area is 101 Å². The van der Waals surface area contributed by atoms with Crippen molar-refractivity contribution in [1.29, 1.82) is 0 Å². The van der Waals surface area contributed by atoms with Crippen LogP contribution in [0.2, 0.25) is 5.02 Å². The summed E-state index contributed by atoms with van der Waals surface area (Å²) < 4.78 is 15.1. The minimum Gasteiger partial charge on any atom is -0.476 e. The number of halogens is 2. The van der Waals surface area contributed by atoms with Crippen LogP contribution >= 0.6 is 11.6 Å². The summed E-state index contributed by atoms with van der Waals surface area (Å²) in [6.45, 7) is 0. The van der Waals surface area contributed by atoms with Crippen molar-refractivity contribution < 1.29 is 14.3 Å². The number of hydrogen-bond donors (Lipinski definition) is 1. The first-order chi connectivity index (χ1) is 8.00. The van der Waals surface area contributed by atoms with Gasteiger partial charge in [0.2, 0.25) is 0 Å². The molecule has 17 heavy (non-hydrogen) atoms. The highest BCUT2D eigenvalue weighted by molar-refractivity contribution is 6.30. The first-order valence-corrected chi connectivity index (χ1v) is 5.08. The van der Waals surface area contributed by atoms with Crippen molar-refractivity contribution in [3.63, 3.8) is 0 Å². The summed E-state index contributed by atoms with van der Waals surface area (Å²) in [5.41, 5.74) is 0.112. The number of carboxylic acid groups (broad SMARTS) is 1. The monoisotopic (exact) mass is 254 g/mol. The molecule has 0 spiro atoms. The van der Waals surface area contributed by atoms with Gasteiger partial charge in [-0.05, 0) is 18.2 Å². The summed E-state index contributed by atoms with van der Waals surface area (Å²) in [4.78, 5) is 14.7. The second-order valence-electron chi connectivity index (χ2n) is 3.48. The summed E-state index contributed by atoms with van der Waals surface area (Å²) in [5, 5.41) is 9.30. The number of nitrogens with zero attached hydrogens (tertiary/aromatic N) is 2. The molecule has 0 atom stereocenters. The van der Waals surface area contributed by atoms with Gasteiger partial charge in [-0.3, -0.25) is 0 Å². The molecule has 2 rings (SSSR count). The number of aryl methyl sites for hydroxylation is 1. The fourth-order valence-corrected chi connectivity index (χ4v) is 1.76. The Kier molecular flexibility index (Phi) is 2.85. The Balaban J connectivity index is 2.71. The molecular formula is C11H8ClFN2O2. The third-order valence-corrected chi connectivity index (χ3v) is 2.56. The number of hydrogen-bond acceptors (Lipinski definition) is 2. The molecule has 6 heteroatoms. The molecule has 0 radical (unpaired) electrons. The lowest BCUT2D eigenvalue weighted by atomic mass is 10.1. The summed E-state index contributed by atoms with van der Waals surface area (Å²) in [6, 6.07) is 3.97. The molecule has 1 heterocycles. The molecule has 1 aromatic carbocycles. The molecule has 1 aromatic heterocycles. The van der Waals surface area contributed by atoms with Gasteiger partial charge in [0, 0.05) is 17.6 Å². The van der Waals surface area contributed by atoms with Gasteiger partial charge in [-0.2, -0.15) is 0 Å². The van der Waals surface area contributed by atoms with Crippen LogP contribution in [0.25, 0.3) is 11.3 Å². The molecule has 0 saturated heterocycles. The predicted octanol–water partition coefficient (Wildman–Crippen LogP) is 2.58. The number of carbonyl (C=O) groups is 1. The van der Waals surface area contributed by atoms with Crippen molar-refractivity contribution in [2.45, 2.75) is 0 Å². The van der Waals surface area contributed by atoms with Crippen LogP contribution in [-0.4, -0.2) is 20.6 Å². The van der Waals surface area contributed by atoms with Gasteiger partial charge in [0.15, 0.2) is 5.69 Å². The summed E-state index contributed by atoms with van der Waals surface area (Å²) >= 11 is 5.77. The molecule has 1 N–H and O–H groups in total. The van der Waals surface area contributed by atoms with Gasteiger partial charge >= 0.3 is 5.97 Å². The zero-order valence-electron chi connectivity index (χ0n) is 8.82. The van der Waals surface area contributed by atoms with Crippen LogP contribution in [0.5, 0.6) is 0 Å². The first-order valence-electron chi connectivity index (χ1n) is 4.70. The van der Waals surface area contributed by atoms with Crippen molar-refractivity contribution in [2.24, 2.45) is 7.05 Å². The third-order valence-electron chi connectivity index (χ3n) is 2.32. The van der Waals surface area contributed by atoms with E-state index in [1.807, 2.05) is 0 Å². The van der Waals surface area contributed by atoms with Gasteiger partial charge in [0.05, 0.1) is 12.0 Å². The number of rotatable bonds is 2. The average Bonchev–Trinajstić information content (AvgIpc) is 2.64. The van der Waals surface area contributed by atoms with E-state index in [0.717, 1.165) is 0 Å². The number of carboxylic acids is 1. The molecule has 0 aliphatic heterocycles. The first kappa shape index (κ1) is 11.6. The van der Waals surface area contributed by atoms with Crippen molar-refractivity contribution in [1.82, 2.24) is 9.55 Å². The van der Waals surface area contributed by atoms with Crippen LogP contribution in [0.15, 0.2) is 24.5 Å². The highest BCUT2D eigenvalue weighted by atomic mass is 35.5. The predicted molar refractivity (Wildman–Crippen MR) is 60.6 cm³/mol. The van der Waals surface area contributed by atoms with Crippen molar-refractivity contribution in [3.05, 3.63) is 41.1 Å². The zero-order chi connectivity index (χ0) is 12.6. The third kappa shape index (κ3) is 2.01. The van der Waals surface area contributed by atoms with E-state index in [1.165, 1.54) is 29.1 Å². The molecule has 0 saturated carbocycles. The fourth-order valence-electron chi connectivity index (χ4n) is 1.58. The SMILES string of the molecule is Cn1cnc(C(=O)O)c1-c1cc(Cl)ccc1F. The summed E-state index contributed by atoms with van der Waals surface area (Å²) in [7, 11) is 1.59. The van der Waals surface area contributed by atoms with E-state index in [0.29, 0.717) is 5.02 Å². The molecule has 0 aliphatic rings.